The molecule has 3 aliphatic rings. The highest BCUT2D eigenvalue weighted by atomic mass is 16.5. The van der Waals surface area contributed by atoms with Crippen LogP contribution in [0.1, 0.15) is 24.2 Å². The molecule has 0 aliphatic carbocycles. The van der Waals surface area contributed by atoms with Gasteiger partial charge in [0.1, 0.15) is 5.60 Å². The normalized spacial score (nSPS) is 29.1. The zero-order valence-corrected chi connectivity index (χ0v) is 13.1. The van der Waals surface area contributed by atoms with Crippen LogP contribution in [0.4, 0.5) is 0 Å². The van der Waals surface area contributed by atoms with Crippen molar-refractivity contribution >= 4 is 0 Å². The van der Waals surface area contributed by atoms with E-state index in [9.17, 15) is 5.11 Å². The highest BCUT2D eigenvalue weighted by molar-refractivity contribution is 5.56. The summed E-state index contributed by atoms with van der Waals surface area (Å²) in [4.78, 5) is 6.53. The first-order valence-electron chi connectivity index (χ1n) is 8.01. The summed E-state index contributed by atoms with van der Waals surface area (Å²) in [5.74, 6) is 7.66. The van der Waals surface area contributed by atoms with E-state index in [4.69, 9.17) is 4.52 Å². The highest BCUT2D eigenvalue weighted by Crippen LogP contribution is 2.35. The Kier molecular flexibility index (Phi) is 3.44. The summed E-state index contributed by atoms with van der Waals surface area (Å²) < 4.78 is 5.19. The van der Waals surface area contributed by atoms with E-state index >= 15 is 0 Å². The molecule has 1 aromatic heterocycles. The summed E-state index contributed by atoms with van der Waals surface area (Å²) in [6, 6.07) is 7.69. The number of rotatable bonds is 1. The van der Waals surface area contributed by atoms with E-state index in [2.05, 4.69) is 26.9 Å². The molecule has 0 saturated carbocycles. The second-order valence-corrected chi connectivity index (χ2v) is 6.45. The van der Waals surface area contributed by atoms with Gasteiger partial charge in [-0.05, 0) is 51.1 Å². The third kappa shape index (κ3) is 2.76. The molecule has 5 nitrogen and oxygen atoms in total. The van der Waals surface area contributed by atoms with Gasteiger partial charge in [-0.15, -0.1) is 0 Å². The maximum Gasteiger partial charge on any atom is 0.257 e. The van der Waals surface area contributed by atoms with Crippen LogP contribution < -0.4 is 0 Å². The topological polar surface area (TPSA) is 62.4 Å². The Hall–Kier alpha value is -2.16. The molecule has 2 bridgehead atoms. The average molecular weight is 309 g/mol. The fourth-order valence-electron chi connectivity index (χ4n) is 3.50. The van der Waals surface area contributed by atoms with Crippen molar-refractivity contribution in [1.82, 2.24) is 15.0 Å². The van der Waals surface area contributed by atoms with Gasteiger partial charge >= 0.3 is 0 Å². The van der Waals surface area contributed by atoms with Gasteiger partial charge in [0.2, 0.25) is 0 Å². The van der Waals surface area contributed by atoms with Crippen molar-refractivity contribution in [3.05, 3.63) is 35.7 Å². The molecular formula is C18H19N3O2. The van der Waals surface area contributed by atoms with Crippen molar-refractivity contribution in [2.75, 3.05) is 19.6 Å². The van der Waals surface area contributed by atoms with Gasteiger partial charge < -0.3 is 9.63 Å². The van der Waals surface area contributed by atoms with Crippen LogP contribution in [-0.2, 0) is 0 Å². The lowest BCUT2D eigenvalue weighted by Crippen LogP contribution is -2.58. The molecule has 5 rings (SSSR count). The first-order chi connectivity index (χ1) is 11.1. The molecule has 5 heteroatoms. The molecule has 0 amide bonds. The molecule has 1 atom stereocenters. The number of aliphatic hydroxyl groups is 1. The van der Waals surface area contributed by atoms with Gasteiger partial charge in [0.15, 0.2) is 5.82 Å². The van der Waals surface area contributed by atoms with E-state index < -0.39 is 5.60 Å². The minimum atomic E-state index is -0.881. The molecule has 2 aromatic rings. The number of benzene rings is 1. The van der Waals surface area contributed by atoms with E-state index in [-0.39, 0.29) is 0 Å². The molecule has 0 radical (unpaired) electrons. The van der Waals surface area contributed by atoms with E-state index in [1.165, 1.54) is 0 Å². The standard InChI is InChI=1S/C18H19N3O2/c1-13-19-17(23-20-13)15-4-2-3-14(11-15)5-8-18(22)12-21-9-6-16(18)7-10-21/h2-4,11,16,22H,6-7,9-10,12H2,1H3. The van der Waals surface area contributed by atoms with Crippen LogP contribution in [0, 0.1) is 24.7 Å². The minimum absolute atomic E-state index is 0.293. The SMILES string of the molecule is Cc1noc(-c2cccc(C#CC3(O)CN4CCC3CC4)c2)n1. The molecule has 4 heterocycles. The molecule has 1 aromatic carbocycles. The third-order valence-corrected chi connectivity index (χ3v) is 4.79. The van der Waals surface area contributed by atoms with Crippen molar-refractivity contribution < 1.29 is 9.63 Å². The van der Waals surface area contributed by atoms with Gasteiger partial charge in [-0.25, -0.2) is 0 Å². The van der Waals surface area contributed by atoms with Crippen LogP contribution in [-0.4, -0.2) is 45.4 Å². The summed E-state index contributed by atoms with van der Waals surface area (Å²) in [6.07, 6.45) is 2.07. The number of aromatic nitrogens is 2. The Balaban J connectivity index is 1.60. The molecule has 3 saturated heterocycles. The summed E-state index contributed by atoms with van der Waals surface area (Å²) in [7, 11) is 0. The molecule has 1 N–H and O–H groups in total. The van der Waals surface area contributed by atoms with Gasteiger partial charge in [-0.2, -0.15) is 4.98 Å². The first kappa shape index (κ1) is 14.4. The first-order valence-corrected chi connectivity index (χ1v) is 8.01. The Morgan fingerprint density at radius 3 is 2.83 bits per heavy atom. The van der Waals surface area contributed by atoms with Crippen molar-refractivity contribution in [1.29, 1.82) is 0 Å². The number of fused-ring (bicyclic) bond motifs is 3. The van der Waals surface area contributed by atoms with E-state index in [0.29, 0.717) is 24.2 Å². The molecular weight excluding hydrogens is 290 g/mol. The van der Waals surface area contributed by atoms with Gasteiger partial charge in [-0.1, -0.05) is 23.1 Å². The predicted octanol–water partition coefficient (Wildman–Crippen LogP) is 1.85. The third-order valence-electron chi connectivity index (χ3n) is 4.79. The second kappa shape index (κ2) is 5.48. The van der Waals surface area contributed by atoms with Gasteiger partial charge in [0.05, 0.1) is 0 Å². The molecule has 3 aliphatic heterocycles. The Labute approximate surface area is 135 Å². The molecule has 23 heavy (non-hydrogen) atoms. The van der Waals surface area contributed by atoms with Crippen LogP contribution in [0.5, 0.6) is 0 Å². The summed E-state index contributed by atoms with van der Waals surface area (Å²) >= 11 is 0. The summed E-state index contributed by atoms with van der Waals surface area (Å²) in [6.45, 7) is 4.62. The fourth-order valence-corrected chi connectivity index (χ4v) is 3.50. The minimum Gasteiger partial charge on any atom is -0.376 e. The van der Waals surface area contributed by atoms with Gasteiger partial charge in [0, 0.05) is 23.6 Å². The monoisotopic (exact) mass is 309 g/mol. The molecule has 0 spiro atoms. The lowest BCUT2D eigenvalue weighted by Gasteiger charge is -2.47. The van der Waals surface area contributed by atoms with Crippen molar-refractivity contribution in [2.24, 2.45) is 5.92 Å². The van der Waals surface area contributed by atoms with Crippen molar-refractivity contribution in [3.8, 4) is 23.3 Å². The van der Waals surface area contributed by atoms with Crippen molar-refractivity contribution in [2.45, 2.75) is 25.4 Å². The molecule has 3 fully saturated rings. The largest absolute Gasteiger partial charge is 0.376 e. The summed E-state index contributed by atoms with van der Waals surface area (Å²) in [5.41, 5.74) is 0.814. The van der Waals surface area contributed by atoms with Crippen LogP contribution in [0.25, 0.3) is 11.5 Å². The van der Waals surface area contributed by atoms with Crippen LogP contribution >= 0.6 is 0 Å². The smallest absolute Gasteiger partial charge is 0.257 e. The average Bonchev–Trinajstić information content (AvgIpc) is 3.01. The Morgan fingerprint density at radius 2 is 2.17 bits per heavy atom. The van der Waals surface area contributed by atoms with Crippen molar-refractivity contribution in [3.63, 3.8) is 0 Å². The fraction of sp³-hybridized carbons (Fsp3) is 0.444. The van der Waals surface area contributed by atoms with Crippen LogP contribution in [0.3, 0.4) is 0 Å². The van der Waals surface area contributed by atoms with Gasteiger partial charge in [-0.3, -0.25) is 4.90 Å². The van der Waals surface area contributed by atoms with E-state index in [1.54, 1.807) is 6.92 Å². The molecule has 1 unspecified atom stereocenters. The van der Waals surface area contributed by atoms with E-state index in [0.717, 1.165) is 37.1 Å². The Morgan fingerprint density at radius 1 is 1.35 bits per heavy atom. The quantitative estimate of drug-likeness (QED) is 0.815. The zero-order valence-electron chi connectivity index (χ0n) is 13.1. The number of aryl methyl sites for hydroxylation is 1. The zero-order chi connectivity index (χ0) is 15.9. The number of nitrogens with zero attached hydrogens (tertiary/aromatic N) is 3. The van der Waals surface area contributed by atoms with Crippen LogP contribution in [0.2, 0.25) is 0 Å². The maximum absolute atomic E-state index is 10.9. The van der Waals surface area contributed by atoms with Crippen LogP contribution in [0.15, 0.2) is 28.8 Å². The number of hydrogen-bond donors (Lipinski definition) is 1. The molecule has 118 valence electrons. The Bertz CT molecular complexity index is 781. The highest BCUT2D eigenvalue weighted by Gasteiger charge is 2.44. The van der Waals surface area contributed by atoms with E-state index in [1.807, 2.05) is 24.3 Å². The summed E-state index contributed by atoms with van der Waals surface area (Å²) in [5, 5.41) is 14.7. The maximum atomic E-state index is 10.9. The second-order valence-electron chi connectivity index (χ2n) is 6.45. The number of piperidine rings is 3. The lowest BCUT2D eigenvalue weighted by atomic mass is 9.76. The predicted molar refractivity (Wildman–Crippen MR) is 85.5 cm³/mol. The number of hydrogen-bond acceptors (Lipinski definition) is 5. The van der Waals surface area contributed by atoms with Gasteiger partial charge in [0.25, 0.3) is 5.89 Å². The lowest BCUT2D eigenvalue weighted by molar-refractivity contribution is -0.0713.